The molecule has 0 bridgehead atoms. The maximum absolute atomic E-state index is 13.3. The molecule has 5 nitrogen and oxygen atoms in total. The van der Waals surface area contributed by atoms with Crippen molar-refractivity contribution in [3.63, 3.8) is 0 Å². The Morgan fingerprint density at radius 2 is 2.20 bits per heavy atom. The molecule has 1 atom stereocenters. The van der Waals surface area contributed by atoms with Crippen molar-refractivity contribution < 1.29 is 21.8 Å². The van der Waals surface area contributed by atoms with Gasteiger partial charge in [0.15, 0.2) is 6.10 Å². The fourth-order valence-corrected chi connectivity index (χ4v) is 2.74. The summed E-state index contributed by atoms with van der Waals surface area (Å²) in [5.41, 5.74) is 0.584. The van der Waals surface area contributed by atoms with Crippen LogP contribution in [0.4, 0.5) is 4.39 Å². The number of benzene rings is 1. The van der Waals surface area contributed by atoms with Crippen LogP contribution < -0.4 is 0 Å². The van der Waals surface area contributed by atoms with Gasteiger partial charge in [0.1, 0.15) is 5.82 Å². The molecule has 1 heterocycles. The zero-order valence-corrected chi connectivity index (χ0v) is 12.2. The van der Waals surface area contributed by atoms with Crippen molar-refractivity contribution in [1.82, 2.24) is 4.90 Å². The Hall–Kier alpha value is -1.18. The van der Waals surface area contributed by atoms with Crippen molar-refractivity contribution in [3.8, 4) is 0 Å². The molecule has 1 fully saturated rings. The van der Waals surface area contributed by atoms with Gasteiger partial charge >= 0.3 is 0 Å². The molecule has 2 rings (SSSR count). The van der Waals surface area contributed by atoms with Crippen LogP contribution in [0.25, 0.3) is 0 Å². The van der Waals surface area contributed by atoms with Crippen LogP contribution in [0.1, 0.15) is 12.0 Å². The van der Waals surface area contributed by atoms with Crippen molar-refractivity contribution in [1.29, 1.82) is 0 Å². The van der Waals surface area contributed by atoms with Gasteiger partial charge in [-0.3, -0.25) is 8.98 Å². The largest absolute Gasteiger partial charge is 0.336 e. The topological polar surface area (TPSA) is 63.7 Å². The van der Waals surface area contributed by atoms with Gasteiger partial charge in [-0.15, -0.1) is 0 Å². The SMILES string of the molecule is CS(=O)(=O)O[C@H]1CCN(Cc2ccc(Cl)c(F)c2)C1=O. The van der Waals surface area contributed by atoms with Gasteiger partial charge in [0.2, 0.25) is 0 Å². The lowest BCUT2D eigenvalue weighted by Crippen LogP contribution is -2.31. The van der Waals surface area contributed by atoms with E-state index in [0.29, 0.717) is 18.5 Å². The number of amides is 1. The molecule has 1 aliphatic rings. The summed E-state index contributed by atoms with van der Waals surface area (Å²) >= 11 is 5.58. The molecule has 1 aromatic carbocycles. The van der Waals surface area contributed by atoms with Gasteiger partial charge < -0.3 is 4.90 Å². The van der Waals surface area contributed by atoms with E-state index in [0.717, 1.165) is 6.26 Å². The van der Waals surface area contributed by atoms with Crippen LogP contribution in [-0.2, 0) is 25.6 Å². The fourth-order valence-electron chi connectivity index (χ4n) is 2.03. The summed E-state index contributed by atoms with van der Waals surface area (Å²) in [5, 5.41) is 0.0137. The summed E-state index contributed by atoms with van der Waals surface area (Å²) in [5.74, 6) is -0.967. The van der Waals surface area contributed by atoms with E-state index in [9.17, 15) is 17.6 Å². The van der Waals surface area contributed by atoms with E-state index in [4.69, 9.17) is 15.8 Å². The molecule has 0 spiro atoms. The van der Waals surface area contributed by atoms with E-state index in [1.807, 2.05) is 0 Å². The van der Waals surface area contributed by atoms with Crippen LogP contribution in [0, 0.1) is 5.82 Å². The summed E-state index contributed by atoms with van der Waals surface area (Å²) in [6.07, 6.45) is 0.210. The summed E-state index contributed by atoms with van der Waals surface area (Å²) in [6, 6.07) is 4.28. The quantitative estimate of drug-likeness (QED) is 0.789. The summed E-state index contributed by atoms with van der Waals surface area (Å²) in [6.45, 7) is 0.555. The third kappa shape index (κ3) is 3.68. The van der Waals surface area contributed by atoms with Crippen molar-refractivity contribution in [3.05, 3.63) is 34.6 Å². The number of halogens is 2. The average molecular weight is 322 g/mol. The lowest BCUT2D eigenvalue weighted by atomic mass is 10.2. The van der Waals surface area contributed by atoms with Crippen molar-refractivity contribution in [2.24, 2.45) is 0 Å². The smallest absolute Gasteiger partial charge is 0.265 e. The molecule has 0 saturated carbocycles. The third-order valence-electron chi connectivity index (χ3n) is 2.90. The zero-order valence-electron chi connectivity index (χ0n) is 10.7. The molecule has 0 aromatic heterocycles. The second-order valence-electron chi connectivity index (χ2n) is 4.59. The van der Waals surface area contributed by atoms with Crippen LogP contribution in [0.15, 0.2) is 18.2 Å². The second kappa shape index (κ2) is 5.67. The predicted molar refractivity (Wildman–Crippen MR) is 71.2 cm³/mol. The number of rotatable bonds is 4. The van der Waals surface area contributed by atoms with E-state index in [2.05, 4.69) is 0 Å². The van der Waals surface area contributed by atoms with Crippen molar-refractivity contribution in [2.45, 2.75) is 19.1 Å². The van der Waals surface area contributed by atoms with Crippen LogP contribution >= 0.6 is 11.6 Å². The second-order valence-corrected chi connectivity index (χ2v) is 6.59. The minimum atomic E-state index is -3.67. The van der Waals surface area contributed by atoms with E-state index < -0.39 is 27.9 Å². The van der Waals surface area contributed by atoms with Crippen LogP contribution in [0.5, 0.6) is 0 Å². The number of likely N-dealkylation sites (tertiary alicyclic amines) is 1. The predicted octanol–water partition coefficient (Wildman–Crippen LogP) is 1.56. The number of carbonyl (C=O) groups is 1. The lowest BCUT2D eigenvalue weighted by molar-refractivity contribution is -0.133. The number of hydrogen-bond acceptors (Lipinski definition) is 4. The lowest BCUT2D eigenvalue weighted by Gasteiger charge is -2.16. The monoisotopic (exact) mass is 321 g/mol. The molecule has 1 saturated heterocycles. The number of hydrogen-bond donors (Lipinski definition) is 0. The van der Waals surface area contributed by atoms with Crippen LogP contribution in [0.2, 0.25) is 5.02 Å². The Bertz CT molecular complexity index is 634. The highest BCUT2D eigenvalue weighted by atomic mass is 35.5. The molecule has 0 radical (unpaired) electrons. The zero-order chi connectivity index (χ0) is 14.9. The fraction of sp³-hybridized carbons (Fsp3) is 0.417. The normalized spacial score (nSPS) is 19.6. The van der Waals surface area contributed by atoms with Gasteiger partial charge in [-0.2, -0.15) is 8.42 Å². The minimum Gasteiger partial charge on any atom is -0.336 e. The van der Waals surface area contributed by atoms with E-state index >= 15 is 0 Å². The molecule has 0 unspecified atom stereocenters. The molecular weight excluding hydrogens is 309 g/mol. The molecule has 1 amide bonds. The molecule has 20 heavy (non-hydrogen) atoms. The minimum absolute atomic E-state index is 0.0137. The Labute approximate surface area is 121 Å². The first-order valence-electron chi connectivity index (χ1n) is 5.87. The highest BCUT2D eigenvalue weighted by Gasteiger charge is 2.34. The van der Waals surface area contributed by atoms with E-state index in [1.165, 1.54) is 17.0 Å². The van der Waals surface area contributed by atoms with Crippen LogP contribution in [-0.4, -0.2) is 38.1 Å². The molecule has 0 N–H and O–H groups in total. The van der Waals surface area contributed by atoms with Crippen molar-refractivity contribution in [2.75, 3.05) is 12.8 Å². The molecule has 0 aliphatic carbocycles. The van der Waals surface area contributed by atoms with Crippen molar-refractivity contribution >= 4 is 27.6 Å². The molecule has 1 aliphatic heterocycles. The standard InChI is InChI=1S/C12H13ClFNO4S/c1-20(17,18)19-11-4-5-15(12(11)16)7-8-2-3-9(13)10(14)6-8/h2-3,6,11H,4-5,7H2,1H3/t11-/m0/s1. The Balaban J connectivity index is 2.04. The maximum Gasteiger partial charge on any atom is 0.265 e. The Morgan fingerprint density at radius 3 is 2.80 bits per heavy atom. The molecular formula is C12H13ClFNO4S. The van der Waals surface area contributed by atoms with Gasteiger partial charge in [-0.1, -0.05) is 17.7 Å². The number of nitrogens with zero attached hydrogens (tertiary/aromatic N) is 1. The van der Waals surface area contributed by atoms with Gasteiger partial charge in [0.25, 0.3) is 16.0 Å². The first kappa shape index (κ1) is 15.2. The maximum atomic E-state index is 13.3. The molecule has 8 heteroatoms. The Kier molecular flexibility index (Phi) is 4.31. The first-order chi connectivity index (χ1) is 9.26. The van der Waals surface area contributed by atoms with Gasteiger partial charge in [0.05, 0.1) is 11.3 Å². The Morgan fingerprint density at radius 1 is 1.50 bits per heavy atom. The molecule has 1 aromatic rings. The summed E-state index contributed by atoms with van der Waals surface area (Å²) < 4.78 is 40.1. The summed E-state index contributed by atoms with van der Waals surface area (Å²) in [7, 11) is -3.67. The van der Waals surface area contributed by atoms with Gasteiger partial charge in [0, 0.05) is 19.5 Å². The summed E-state index contributed by atoms with van der Waals surface area (Å²) in [4.78, 5) is 13.4. The first-order valence-corrected chi connectivity index (χ1v) is 8.07. The van der Waals surface area contributed by atoms with Crippen LogP contribution in [0.3, 0.4) is 0 Å². The molecule has 110 valence electrons. The van der Waals surface area contributed by atoms with Gasteiger partial charge in [-0.25, -0.2) is 4.39 Å². The highest BCUT2D eigenvalue weighted by Crippen LogP contribution is 2.21. The van der Waals surface area contributed by atoms with E-state index in [1.54, 1.807) is 6.07 Å². The van der Waals surface area contributed by atoms with Gasteiger partial charge in [-0.05, 0) is 17.7 Å². The number of carbonyl (C=O) groups excluding carboxylic acids is 1. The van der Waals surface area contributed by atoms with E-state index in [-0.39, 0.29) is 11.6 Å². The third-order valence-corrected chi connectivity index (χ3v) is 3.79. The highest BCUT2D eigenvalue weighted by molar-refractivity contribution is 7.86. The average Bonchev–Trinajstić information content (AvgIpc) is 2.65.